The summed E-state index contributed by atoms with van der Waals surface area (Å²) < 4.78 is 0. The van der Waals surface area contributed by atoms with Crippen molar-refractivity contribution in [1.29, 1.82) is 0 Å². The number of aliphatic carboxylic acids is 1. The minimum Gasteiger partial charge on any atom is -0.481 e. The highest BCUT2D eigenvalue weighted by Crippen LogP contribution is 2.04. The third kappa shape index (κ3) is 5.51. The summed E-state index contributed by atoms with van der Waals surface area (Å²) >= 11 is 0. The van der Waals surface area contributed by atoms with Crippen molar-refractivity contribution in [2.24, 2.45) is 0 Å². The first kappa shape index (κ1) is 12.7. The fourth-order valence-corrected chi connectivity index (χ4v) is 1.56. The fraction of sp³-hybridized carbons (Fsp3) is 0.462. The van der Waals surface area contributed by atoms with Gasteiger partial charge in [0.2, 0.25) is 0 Å². The predicted molar refractivity (Wildman–Crippen MR) is 64.5 cm³/mol. The van der Waals surface area contributed by atoms with E-state index in [9.17, 15) is 4.79 Å². The number of hydrogen-bond acceptors (Lipinski definition) is 2. The van der Waals surface area contributed by atoms with Crippen molar-refractivity contribution in [2.75, 3.05) is 6.54 Å². The van der Waals surface area contributed by atoms with Crippen LogP contribution in [-0.4, -0.2) is 23.7 Å². The maximum atomic E-state index is 10.3. The molecule has 0 aliphatic carbocycles. The summed E-state index contributed by atoms with van der Waals surface area (Å²) in [5.74, 6) is -0.747. The van der Waals surface area contributed by atoms with Crippen molar-refractivity contribution in [1.82, 2.24) is 5.32 Å². The number of aryl methyl sites for hydroxylation is 1. The smallest absolute Gasteiger partial charge is 0.304 e. The van der Waals surface area contributed by atoms with Crippen LogP contribution < -0.4 is 5.32 Å². The van der Waals surface area contributed by atoms with Crippen LogP contribution in [-0.2, 0) is 11.2 Å². The lowest BCUT2D eigenvalue weighted by atomic mass is 10.1. The highest BCUT2D eigenvalue weighted by Gasteiger charge is 2.03. The van der Waals surface area contributed by atoms with Gasteiger partial charge in [0, 0.05) is 12.6 Å². The van der Waals surface area contributed by atoms with Crippen LogP contribution in [0.4, 0.5) is 0 Å². The summed E-state index contributed by atoms with van der Waals surface area (Å²) in [6.07, 6.45) is 2.25. The lowest BCUT2D eigenvalue weighted by Crippen LogP contribution is -2.28. The van der Waals surface area contributed by atoms with Crippen LogP contribution in [0.3, 0.4) is 0 Å². The van der Waals surface area contributed by atoms with E-state index < -0.39 is 5.97 Å². The van der Waals surface area contributed by atoms with Gasteiger partial charge < -0.3 is 10.4 Å². The molecule has 0 aromatic heterocycles. The molecule has 1 atom stereocenters. The molecule has 0 radical (unpaired) electrons. The topological polar surface area (TPSA) is 49.3 Å². The van der Waals surface area contributed by atoms with Crippen LogP contribution >= 0.6 is 0 Å². The zero-order valence-electron chi connectivity index (χ0n) is 9.65. The number of carbonyl (C=O) groups is 1. The largest absolute Gasteiger partial charge is 0.481 e. The van der Waals surface area contributed by atoms with Crippen molar-refractivity contribution >= 4 is 5.97 Å². The lowest BCUT2D eigenvalue weighted by Gasteiger charge is -2.12. The highest BCUT2D eigenvalue weighted by atomic mass is 16.4. The molecule has 88 valence electrons. The van der Waals surface area contributed by atoms with Gasteiger partial charge in [-0.3, -0.25) is 4.79 Å². The van der Waals surface area contributed by atoms with Gasteiger partial charge in [0.25, 0.3) is 0 Å². The SMILES string of the molecule is CC(CCc1ccccc1)NCCC(=O)O. The van der Waals surface area contributed by atoms with E-state index in [2.05, 4.69) is 24.4 Å². The number of carboxylic acid groups (broad SMARTS) is 1. The maximum absolute atomic E-state index is 10.3. The molecule has 0 saturated heterocycles. The standard InChI is InChI=1S/C13H19NO2/c1-11(14-10-9-13(15)16)7-8-12-5-3-2-4-6-12/h2-6,11,14H,7-10H2,1H3,(H,15,16). The zero-order valence-corrected chi connectivity index (χ0v) is 9.65. The second-order valence-corrected chi connectivity index (χ2v) is 4.02. The summed E-state index contributed by atoms with van der Waals surface area (Å²) in [6, 6.07) is 10.7. The molecule has 1 aromatic carbocycles. The average molecular weight is 221 g/mol. The first-order valence-corrected chi connectivity index (χ1v) is 5.67. The molecule has 1 aromatic rings. The predicted octanol–water partition coefficient (Wildman–Crippen LogP) is 2.07. The number of benzene rings is 1. The van der Waals surface area contributed by atoms with Gasteiger partial charge in [-0.1, -0.05) is 30.3 Å². The summed E-state index contributed by atoms with van der Waals surface area (Å²) in [4.78, 5) is 10.3. The highest BCUT2D eigenvalue weighted by molar-refractivity contribution is 5.66. The first-order valence-electron chi connectivity index (χ1n) is 5.67. The van der Waals surface area contributed by atoms with E-state index in [0.717, 1.165) is 12.8 Å². The fourth-order valence-electron chi connectivity index (χ4n) is 1.56. The van der Waals surface area contributed by atoms with Crippen LogP contribution in [0.25, 0.3) is 0 Å². The molecule has 3 nitrogen and oxygen atoms in total. The van der Waals surface area contributed by atoms with Crippen LogP contribution in [0, 0.1) is 0 Å². The summed E-state index contributed by atoms with van der Waals surface area (Å²) in [6.45, 7) is 2.64. The van der Waals surface area contributed by atoms with E-state index in [1.54, 1.807) is 0 Å². The molecule has 1 rings (SSSR count). The number of hydrogen-bond donors (Lipinski definition) is 2. The molecule has 0 aliphatic heterocycles. The summed E-state index contributed by atoms with van der Waals surface area (Å²) in [5.41, 5.74) is 1.33. The molecule has 1 unspecified atom stereocenters. The van der Waals surface area contributed by atoms with Gasteiger partial charge in [0.05, 0.1) is 6.42 Å². The van der Waals surface area contributed by atoms with Crippen molar-refractivity contribution < 1.29 is 9.90 Å². The third-order valence-electron chi connectivity index (χ3n) is 2.54. The van der Waals surface area contributed by atoms with Crippen molar-refractivity contribution in [3.8, 4) is 0 Å². The monoisotopic (exact) mass is 221 g/mol. The van der Waals surface area contributed by atoms with E-state index in [1.807, 2.05) is 18.2 Å². The molecule has 0 saturated carbocycles. The second kappa shape index (κ2) is 7.01. The van der Waals surface area contributed by atoms with Gasteiger partial charge in [0.1, 0.15) is 0 Å². The van der Waals surface area contributed by atoms with Gasteiger partial charge >= 0.3 is 5.97 Å². The van der Waals surface area contributed by atoms with Gasteiger partial charge in [-0.05, 0) is 25.3 Å². The molecule has 3 heteroatoms. The Morgan fingerprint density at radius 2 is 2.06 bits per heavy atom. The van der Waals surface area contributed by atoms with Crippen molar-refractivity contribution in [3.63, 3.8) is 0 Å². The molecule has 16 heavy (non-hydrogen) atoms. The van der Waals surface area contributed by atoms with Gasteiger partial charge in [-0.2, -0.15) is 0 Å². The Bertz CT molecular complexity index is 311. The lowest BCUT2D eigenvalue weighted by molar-refractivity contribution is -0.136. The van der Waals surface area contributed by atoms with Gasteiger partial charge in [0.15, 0.2) is 0 Å². The Morgan fingerprint density at radius 3 is 2.69 bits per heavy atom. The molecular formula is C13H19NO2. The molecule has 0 bridgehead atoms. The Kier molecular flexibility index (Phi) is 5.57. The zero-order chi connectivity index (χ0) is 11.8. The molecule has 0 heterocycles. The Morgan fingerprint density at radius 1 is 1.38 bits per heavy atom. The van der Waals surface area contributed by atoms with Crippen LogP contribution in [0.5, 0.6) is 0 Å². The van der Waals surface area contributed by atoms with Crippen LogP contribution in [0.1, 0.15) is 25.3 Å². The van der Waals surface area contributed by atoms with E-state index >= 15 is 0 Å². The van der Waals surface area contributed by atoms with Gasteiger partial charge in [-0.25, -0.2) is 0 Å². The van der Waals surface area contributed by atoms with Gasteiger partial charge in [-0.15, -0.1) is 0 Å². The molecule has 2 N–H and O–H groups in total. The molecule has 0 aliphatic rings. The van der Waals surface area contributed by atoms with E-state index in [0.29, 0.717) is 12.6 Å². The average Bonchev–Trinajstić information content (AvgIpc) is 2.27. The molecule has 0 fully saturated rings. The van der Waals surface area contributed by atoms with Crippen molar-refractivity contribution in [3.05, 3.63) is 35.9 Å². The number of rotatable bonds is 7. The number of carboxylic acids is 1. The van der Waals surface area contributed by atoms with E-state index in [1.165, 1.54) is 5.56 Å². The Labute approximate surface area is 96.5 Å². The minimum atomic E-state index is -0.747. The first-order chi connectivity index (χ1) is 7.68. The van der Waals surface area contributed by atoms with E-state index in [-0.39, 0.29) is 6.42 Å². The normalized spacial score (nSPS) is 12.3. The molecule has 0 spiro atoms. The van der Waals surface area contributed by atoms with Crippen LogP contribution in [0.15, 0.2) is 30.3 Å². The summed E-state index contributed by atoms with van der Waals surface area (Å²) in [7, 11) is 0. The maximum Gasteiger partial charge on any atom is 0.304 e. The Hall–Kier alpha value is -1.35. The summed E-state index contributed by atoms with van der Waals surface area (Å²) in [5, 5.41) is 11.7. The second-order valence-electron chi connectivity index (χ2n) is 4.02. The Balaban J connectivity index is 2.15. The number of nitrogens with one attached hydrogen (secondary N) is 1. The molecular weight excluding hydrogens is 202 g/mol. The van der Waals surface area contributed by atoms with Crippen LogP contribution in [0.2, 0.25) is 0 Å². The third-order valence-corrected chi connectivity index (χ3v) is 2.54. The van der Waals surface area contributed by atoms with E-state index in [4.69, 9.17) is 5.11 Å². The minimum absolute atomic E-state index is 0.190. The molecule has 0 amide bonds. The quantitative estimate of drug-likeness (QED) is 0.741. The van der Waals surface area contributed by atoms with Crippen molar-refractivity contribution in [2.45, 2.75) is 32.2 Å².